The number of aliphatic hydroxyl groups is 1. The molecule has 0 saturated carbocycles. The molecule has 0 aliphatic heterocycles. The highest BCUT2D eigenvalue weighted by Crippen LogP contribution is 2.10. The Morgan fingerprint density at radius 1 is 1.53 bits per heavy atom. The van der Waals surface area contributed by atoms with Crippen molar-refractivity contribution in [3.63, 3.8) is 0 Å². The lowest BCUT2D eigenvalue weighted by Gasteiger charge is -2.12. The van der Waals surface area contributed by atoms with Crippen LogP contribution in [0.25, 0.3) is 0 Å². The van der Waals surface area contributed by atoms with Gasteiger partial charge >= 0.3 is 5.97 Å². The zero-order valence-corrected chi connectivity index (χ0v) is 10.3. The molecule has 0 radical (unpaired) electrons. The zero-order chi connectivity index (χ0) is 12.7. The van der Waals surface area contributed by atoms with E-state index in [2.05, 4.69) is 10.1 Å². The Bertz CT molecular complexity index is 365. The third-order valence-electron chi connectivity index (χ3n) is 2.47. The van der Waals surface area contributed by atoms with Gasteiger partial charge in [0.1, 0.15) is 0 Å². The fraction of sp³-hybridized carbons (Fsp3) is 0.462. The number of hydrogen-bond donors (Lipinski definition) is 2. The molecule has 2 N–H and O–H groups in total. The van der Waals surface area contributed by atoms with Crippen LogP contribution in [0.15, 0.2) is 24.3 Å². The number of anilines is 1. The number of methoxy groups -OCH3 is 1. The second-order valence-corrected chi connectivity index (χ2v) is 4.02. The Hall–Kier alpha value is -1.55. The predicted octanol–water partition coefficient (Wildman–Crippen LogP) is 1.72. The number of hydrogen-bond acceptors (Lipinski definition) is 4. The number of carbonyl (C=O) groups is 1. The summed E-state index contributed by atoms with van der Waals surface area (Å²) < 4.78 is 4.51. The Balaban J connectivity index is 2.28. The van der Waals surface area contributed by atoms with Crippen LogP contribution >= 0.6 is 0 Å². The number of rotatable bonds is 6. The first kappa shape index (κ1) is 13.5. The maximum atomic E-state index is 10.9. The molecular weight excluding hydrogens is 218 g/mol. The average molecular weight is 237 g/mol. The Kier molecular flexibility index (Phi) is 5.49. The first-order valence-corrected chi connectivity index (χ1v) is 5.67. The van der Waals surface area contributed by atoms with Crippen molar-refractivity contribution in [2.24, 2.45) is 0 Å². The van der Waals surface area contributed by atoms with Crippen molar-refractivity contribution >= 4 is 11.7 Å². The molecule has 1 rings (SSSR count). The molecule has 0 saturated heterocycles. The van der Waals surface area contributed by atoms with E-state index >= 15 is 0 Å². The van der Waals surface area contributed by atoms with Crippen molar-refractivity contribution in [1.29, 1.82) is 0 Å². The van der Waals surface area contributed by atoms with Gasteiger partial charge in [0.15, 0.2) is 0 Å². The van der Waals surface area contributed by atoms with Gasteiger partial charge in [0.05, 0.1) is 13.2 Å². The van der Waals surface area contributed by atoms with Crippen LogP contribution in [0.3, 0.4) is 0 Å². The number of nitrogens with one attached hydrogen (secondary N) is 1. The van der Waals surface area contributed by atoms with Crippen LogP contribution in [0, 0.1) is 6.92 Å². The van der Waals surface area contributed by atoms with Gasteiger partial charge in [-0.3, -0.25) is 4.79 Å². The summed E-state index contributed by atoms with van der Waals surface area (Å²) >= 11 is 0. The highest BCUT2D eigenvalue weighted by Gasteiger charge is 2.07. The van der Waals surface area contributed by atoms with Gasteiger partial charge in [-0.2, -0.15) is 0 Å². The number of esters is 1. The molecule has 1 aromatic carbocycles. The molecule has 4 nitrogen and oxygen atoms in total. The third kappa shape index (κ3) is 5.36. The van der Waals surface area contributed by atoms with Gasteiger partial charge in [-0.05, 0) is 31.0 Å². The summed E-state index contributed by atoms with van der Waals surface area (Å²) in [4.78, 5) is 10.9. The Labute approximate surface area is 102 Å². The molecule has 94 valence electrons. The van der Waals surface area contributed by atoms with Crippen molar-refractivity contribution in [2.75, 3.05) is 19.0 Å². The Morgan fingerprint density at radius 3 is 2.94 bits per heavy atom. The molecule has 1 atom stereocenters. The minimum atomic E-state index is -0.547. The molecule has 0 heterocycles. The summed E-state index contributed by atoms with van der Waals surface area (Å²) in [6, 6.07) is 7.92. The Morgan fingerprint density at radius 2 is 2.29 bits per heavy atom. The van der Waals surface area contributed by atoms with Crippen molar-refractivity contribution in [1.82, 2.24) is 0 Å². The summed E-state index contributed by atoms with van der Waals surface area (Å²) in [5.41, 5.74) is 2.14. The van der Waals surface area contributed by atoms with Gasteiger partial charge in [0.2, 0.25) is 0 Å². The van der Waals surface area contributed by atoms with E-state index in [0.29, 0.717) is 13.0 Å². The molecule has 0 spiro atoms. The van der Waals surface area contributed by atoms with E-state index in [1.165, 1.54) is 12.7 Å². The molecule has 0 amide bonds. The average Bonchev–Trinajstić information content (AvgIpc) is 2.33. The molecule has 17 heavy (non-hydrogen) atoms. The predicted molar refractivity (Wildman–Crippen MR) is 66.9 cm³/mol. The maximum absolute atomic E-state index is 10.9. The van der Waals surface area contributed by atoms with Crippen LogP contribution in [-0.4, -0.2) is 30.8 Å². The number of aryl methyl sites for hydroxylation is 1. The standard InChI is InChI=1S/C13H19NO3/c1-10-4-3-5-11(8-10)14-9-12(15)6-7-13(16)17-2/h3-5,8,12,14-15H,6-7,9H2,1-2H3. The first-order valence-electron chi connectivity index (χ1n) is 5.67. The van der Waals surface area contributed by atoms with Crippen LogP contribution in [0.1, 0.15) is 18.4 Å². The van der Waals surface area contributed by atoms with Crippen molar-refractivity contribution in [3.05, 3.63) is 29.8 Å². The lowest BCUT2D eigenvalue weighted by atomic mass is 10.2. The molecule has 0 aromatic heterocycles. The fourth-order valence-electron chi connectivity index (χ4n) is 1.48. The van der Waals surface area contributed by atoms with E-state index in [4.69, 9.17) is 0 Å². The number of benzene rings is 1. The van der Waals surface area contributed by atoms with E-state index in [9.17, 15) is 9.90 Å². The van der Waals surface area contributed by atoms with Crippen LogP contribution in [0.2, 0.25) is 0 Å². The van der Waals surface area contributed by atoms with E-state index in [0.717, 1.165) is 5.69 Å². The number of carbonyl (C=O) groups excluding carboxylic acids is 1. The summed E-state index contributed by atoms with van der Waals surface area (Å²) in [5.74, 6) is -0.292. The normalized spacial score (nSPS) is 11.9. The van der Waals surface area contributed by atoms with Gasteiger partial charge < -0.3 is 15.2 Å². The summed E-state index contributed by atoms with van der Waals surface area (Å²) in [7, 11) is 1.35. The van der Waals surface area contributed by atoms with Crippen LogP contribution < -0.4 is 5.32 Å². The highest BCUT2D eigenvalue weighted by molar-refractivity contribution is 5.69. The van der Waals surface area contributed by atoms with Gasteiger partial charge in [-0.1, -0.05) is 12.1 Å². The molecule has 0 bridgehead atoms. The van der Waals surface area contributed by atoms with Crippen molar-refractivity contribution in [2.45, 2.75) is 25.9 Å². The molecule has 1 unspecified atom stereocenters. The second-order valence-electron chi connectivity index (χ2n) is 4.02. The van der Waals surface area contributed by atoms with E-state index in [1.807, 2.05) is 31.2 Å². The summed E-state index contributed by atoms with van der Waals surface area (Å²) in [6.07, 6.45) is 0.105. The van der Waals surface area contributed by atoms with Gasteiger partial charge in [-0.15, -0.1) is 0 Å². The minimum Gasteiger partial charge on any atom is -0.469 e. The van der Waals surface area contributed by atoms with Crippen LogP contribution in [0.5, 0.6) is 0 Å². The van der Waals surface area contributed by atoms with Gasteiger partial charge in [-0.25, -0.2) is 0 Å². The van der Waals surface area contributed by atoms with E-state index in [1.54, 1.807) is 0 Å². The van der Waals surface area contributed by atoms with Crippen LogP contribution in [0.4, 0.5) is 5.69 Å². The quantitative estimate of drug-likeness (QED) is 0.740. The monoisotopic (exact) mass is 237 g/mol. The zero-order valence-electron chi connectivity index (χ0n) is 10.3. The minimum absolute atomic E-state index is 0.243. The lowest BCUT2D eigenvalue weighted by molar-refractivity contribution is -0.141. The van der Waals surface area contributed by atoms with Crippen molar-refractivity contribution in [3.8, 4) is 0 Å². The lowest BCUT2D eigenvalue weighted by Crippen LogP contribution is -2.20. The summed E-state index contributed by atoms with van der Waals surface area (Å²) in [6.45, 7) is 2.44. The molecule has 0 fully saturated rings. The molecule has 0 aliphatic carbocycles. The van der Waals surface area contributed by atoms with E-state index in [-0.39, 0.29) is 12.4 Å². The maximum Gasteiger partial charge on any atom is 0.305 e. The van der Waals surface area contributed by atoms with Crippen LogP contribution in [-0.2, 0) is 9.53 Å². The third-order valence-corrected chi connectivity index (χ3v) is 2.47. The van der Waals surface area contributed by atoms with Crippen molar-refractivity contribution < 1.29 is 14.6 Å². The topological polar surface area (TPSA) is 58.6 Å². The first-order chi connectivity index (χ1) is 8.11. The smallest absolute Gasteiger partial charge is 0.305 e. The van der Waals surface area contributed by atoms with E-state index < -0.39 is 6.10 Å². The molecule has 4 heteroatoms. The number of aliphatic hydroxyl groups excluding tert-OH is 1. The largest absolute Gasteiger partial charge is 0.469 e. The number of ether oxygens (including phenoxy) is 1. The highest BCUT2D eigenvalue weighted by atomic mass is 16.5. The second kappa shape index (κ2) is 6.91. The SMILES string of the molecule is COC(=O)CCC(O)CNc1cccc(C)c1. The molecule has 1 aromatic rings. The van der Waals surface area contributed by atoms with Gasteiger partial charge in [0, 0.05) is 18.7 Å². The summed E-state index contributed by atoms with van der Waals surface area (Å²) in [5, 5.41) is 12.8. The van der Waals surface area contributed by atoms with Gasteiger partial charge in [0.25, 0.3) is 0 Å². The molecule has 0 aliphatic rings. The molecular formula is C13H19NO3. The fourth-order valence-corrected chi connectivity index (χ4v) is 1.48.